The van der Waals surface area contributed by atoms with Crippen molar-refractivity contribution in [2.24, 2.45) is 10.8 Å². The zero-order chi connectivity index (χ0) is 23.5. The molecule has 0 saturated carbocycles. The summed E-state index contributed by atoms with van der Waals surface area (Å²) in [6.07, 6.45) is 0. The van der Waals surface area contributed by atoms with Gasteiger partial charge in [0.15, 0.2) is 0 Å². The van der Waals surface area contributed by atoms with Crippen molar-refractivity contribution in [1.29, 1.82) is 0 Å². The molecule has 0 bridgehead atoms. The number of aromatic carboxylic acids is 1. The SMILES string of the molecule is CN1C(=O)C2(C1=O)C(=O)N(c1cc(C(=O)O)cc(N3C(=O)C4(C(=O)NC4=O)C3=O)c1)C2=O. The van der Waals surface area contributed by atoms with Crippen molar-refractivity contribution in [2.45, 2.75) is 0 Å². The van der Waals surface area contributed by atoms with E-state index in [-0.39, 0.29) is 0 Å². The van der Waals surface area contributed by atoms with Gasteiger partial charge in [-0.25, -0.2) is 14.6 Å². The van der Waals surface area contributed by atoms with Crippen LogP contribution >= 0.6 is 0 Å². The van der Waals surface area contributed by atoms with Gasteiger partial charge in [-0.2, -0.15) is 0 Å². The van der Waals surface area contributed by atoms with Gasteiger partial charge < -0.3 is 5.11 Å². The van der Waals surface area contributed by atoms with Crippen LogP contribution in [-0.2, 0) is 38.4 Å². The Hall–Kier alpha value is -4.75. The molecule has 160 valence electrons. The number of hydrogen-bond donors (Lipinski definition) is 2. The van der Waals surface area contributed by atoms with Crippen LogP contribution in [0.4, 0.5) is 11.4 Å². The number of benzene rings is 1. The molecule has 8 amide bonds. The number of nitrogens with zero attached hydrogens (tertiary/aromatic N) is 3. The third-order valence-corrected chi connectivity index (χ3v) is 5.92. The lowest BCUT2D eigenvalue weighted by molar-refractivity contribution is -0.185. The quantitative estimate of drug-likeness (QED) is 0.356. The van der Waals surface area contributed by atoms with Crippen molar-refractivity contribution in [3.63, 3.8) is 0 Å². The molecule has 32 heavy (non-hydrogen) atoms. The number of likely N-dealkylation sites (tertiary alicyclic amines) is 1. The van der Waals surface area contributed by atoms with Crippen molar-refractivity contribution >= 4 is 64.6 Å². The highest BCUT2D eigenvalue weighted by Gasteiger charge is 2.80. The summed E-state index contributed by atoms with van der Waals surface area (Å²) in [7, 11) is 1.08. The van der Waals surface area contributed by atoms with Gasteiger partial charge in [0.1, 0.15) is 0 Å². The number of carbonyl (C=O) groups excluding carboxylic acids is 8. The highest BCUT2D eigenvalue weighted by atomic mass is 16.4. The summed E-state index contributed by atoms with van der Waals surface area (Å²) in [5.74, 6) is -10.8. The fraction of sp³-hybridized carbons (Fsp3) is 0.167. The molecule has 0 radical (unpaired) electrons. The molecule has 2 spiro atoms. The maximum atomic E-state index is 12.6. The van der Waals surface area contributed by atoms with Crippen LogP contribution in [0.15, 0.2) is 18.2 Å². The summed E-state index contributed by atoms with van der Waals surface area (Å²) in [4.78, 5) is 110. The molecule has 0 atom stereocenters. The second-order valence-corrected chi connectivity index (χ2v) is 7.39. The molecular weight excluding hydrogens is 432 g/mol. The number of imide groups is 4. The lowest BCUT2D eigenvalue weighted by Gasteiger charge is -2.51. The van der Waals surface area contributed by atoms with Crippen molar-refractivity contribution in [2.75, 3.05) is 16.8 Å². The second-order valence-electron chi connectivity index (χ2n) is 7.39. The van der Waals surface area contributed by atoms with Gasteiger partial charge in [-0.15, -0.1) is 0 Å². The van der Waals surface area contributed by atoms with E-state index in [1.807, 2.05) is 0 Å². The van der Waals surface area contributed by atoms with Crippen LogP contribution in [0, 0.1) is 10.8 Å². The molecule has 2 N–H and O–H groups in total. The van der Waals surface area contributed by atoms with Gasteiger partial charge in [0.05, 0.1) is 16.9 Å². The Morgan fingerprint density at radius 3 is 1.50 bits per heavy atom. The van der Waals surface area contributed by atoms with E-state index in [0.717, 1.165) is 25.2 Å². The molecular formula is C18H8N4O10. The average molecular weight is 440 g/mol. The maximum absolute atomic E-state index is 12.6. The van der Waals surface area contributed by atoms with Gasteiger partial charge in [-0.05, 0) is 18.2 Å². The van der Waals surface area contributed by atoms with E-state index in [1.165, 1.54) is 0 Å². The number of anilines is 2. The number of carboxylic acids is 1. The largest absolute Gasteiger partial charge is 0.478 e. The molecule has 0 aromatic heterocycles. The van der Waals surface area contributed by atoms with Crippen molar-refractivity contribution in [1.82, 2.24) is 10.2 Å². The Labute approximate surface area is 175 Å². The lowest BCUT2D eigenvalue weighted by atomic mass is 9.68. The number of hydrogen-bond acceptors (Lipinski definition) is 9. The van der Waals surface area contributed by atoms with Gasteiger partial charge in [-0.3, -0.25) is 48.6 Å². The second kappa shape index (κ2) is 5.29. The van der Waals surface area contributed by atoms with Crippen LogP contribution in [0.3, 0.4) is 0 Å². The molecule has 4 fully saturated rings. The summed E-state index contributed by atoms with van der Waals surface area (Å²) >= 11 is 0. The molecule has 1 aromatic rings. The van der Waals surface area contributed by atoms with E-state index in [0.29, 0.717) is 14.7 Å². The number of rotatable bonds is 3. The minimum absolute atomic E-state index is 0.366. The van der Waals surface area contributed by atoms with Crippen LogP contribution in [0.25, 0.3) is 0 Å². The van der Waals surface area contributed by atoms with E-state index in [1.54, 1.807) is 5.32 Å². The first-order chi connectivity index (χ1) is 14.9. The monoisotopic (exact) mass is 440 g/mol. The average Bonchev–Trinajstić information content (AvgIpc) is 2.73. The van der Waals surface area contributed by atoms with E-state index in [2.05, 4.69) is 0 Å². The predicted molar refractivity (Wildman–Crippen MR) is 94.2 cm³/mol. The van der Waals surface area contributed by atoms with Crippen LogP contribution in [0.5, 0.6) is 0 Å². The number of carboxylic acid groups (broad SMARTS) is 1. The molecule has 4 saturated heterocycles. The van der Waals surface area contributed by atoms with Gasteiger partial charge in [0, 0.05) is 7.05 Å². The van der Waals surface area contributed by atoms with Gasteiger partial charge in [0.25, 0.3) is 58.1 Å². The summed E-state index contributed by atoms with van der Waals surface area (Å²) in [6.45, 7) is 0. The zero-order valence-corrected chi connectivity index (χ0v) is 15.7. The van der Waals surface area contributed by atoms with Crippen LogP contribution in [-0.4, -0.2) is 70.3 Å². The Balaban J connectivity index is 1.55. The van der Waals surface area contributed by atoms with Gasteiger partial charge in [0.2, 0.25) is 0 Å². The third kappa shape index (κ3) is 1.64. The van der Waals surface area contributed by atoms with E-state index >= 15 is 0 Å². The summed E-state index contributed by atoms with van der Waals surface area (Å²) in [6, 6.07) is 2.63. The Bertz CT molecular complexity index is 1260. The number of amides is 8. The molecule has 4 aliphatic heterocycles. The maximum Gasteiger partial charge on any atom is 0.335 e. The number of nitrogens with one attached hydrogen (secondary N) is 1. The third-order valence-electron chi connectivity index (χ3n) is 5.92. The Morgan fingerprint density at radius 2 is 1.12 bits per heavy atom. The van der Waals surface area contributed by atoms with Crippen molar-refractivity contribution in [3.05, 3.63) is 23.8 Å². The molecule has 14 nitrogen and oxygen atoms in total. The summed E-state index contributed by atoms with van der Waals surface area (Å²) in [5.41, 5.74) is -6.47. The highest BCUT2D eigenvalue weighted by Crippen LogP contribution is 2.48. The smallest absolute Gasteiger partial charge is 0.335 e. The van der Waals surface area contributed by atoms with Crippen LogP contribution in [0.2, 0.25) is 0 Å². The van der Waals surface area contributed by atoms with Gasteiger partial charge >= 0.3 is 5.97 Å². The number of carbonyl (C=O) groups is 9. The fourth-order valence-electron chi connectivity index (χ4n) is 4.10. The minimum atomic E-state index is -2.53. The van der Waals surface area contributed by atoms with E-state index in [4.69, 9.17) is 0 Å². The first kappa shape index (κ1) is 19.2. The summed E-state index contributed by atoms with van der Waals surface area (Å²) in [5, 5.41) is 11.1. The normalized spacial score (nSPS) is 22.6. The highest BCUT2D eigenvalue weighted by molar-refractivity contribution is 6.60. The molecule has 4 heterocycles. The summed E-state index contributed by atoms with van der Waals surface area (Å²) < 4.78 is 0. The Morgan fingerprint density at radius 1 is 0.719 bits per heavy atom. The molecule has 5 rings (SSSR count). The molecule has 0 aliphatic carbocycles. The first-order valence-corrected chi connectivity index (χ1v) is 8.78. The van der Waals surface area contributed by atoms with Crippen LogP contribution in [0.1, 0.15) is 10.4 Å². The van der Waals surface area contributed by atoms with Crippen LogP contribution < -0.4 is 15.1 Å². The molecule has 14 heteroatoms. The standard InChI is InChI=1S/C18H8N4O10/c1-20-11(27)18(12(20)28)15(31)22(16(18)32)7-3-5(8(23)24)2-6(4-7)21-13(29)17(14(21)30)9(25)19-10(17)26/h2-4H,1H3,(H,23,24)(H,19,25,26). The minimum Gasteiger partial charge on any atom is -0.478 e. The first-order valence-electron chi connectivity index (χ1n) is 8.78. The number of β-lactam (4-membered cyclic amide) rings is 8. The van der Waals surface area contributed by atoms with Crippen molar-refractivity contribution in [3.8, 4) is 0 Å². The van der Waals surface area contributed by atoms with E-state index < -0.39 is 81.0 Å². The molecule has 0 unspecified atom stereocenters. The topological polar surface area (TPSA) is 196 Å². The van der Waals surface area contributed by atoms with Crippen molar-refractivity contribution < 1.29 is 48.3 Å². The van der Waals surface area contributed by atoms with E-state index in [9.17, 15) is 48.3 Å². The zero-order valence-electron chi connectivity index (χ0n) is 15.7. The Kier molecular flexibility index (Phi) is 3.18. The van der Waals surface area contributed by atoms with Gasteiger partial charge in [-0.1, -0.05) is 0 Å². The molecule has 4 aliphatic rings. The molecule has 1 aromatic carbocycles. The lowest BCUT2D eigenvalue weighted by Crippen LogP contribution is -2.84. The fourth-order valence-corrected chi connectivity index (χ4v) is 4.10. The predicted octanol–water partition coefficient (Wildman–Crippen LogP) is -3.24.